The fraction of sp³-hybridized carbons (Fsp3) is 0.0833. The number of aliphatic hydroxyl groups excluding tert-OH is 1. The molecule has 4 rings (SSSR count). The number of hydrogen-bond donors (Lipinski definition) is 1. The van der Waals surface area contributed by atoms with Crippen molar-refractivity contribution >= 4 is 44.8 Å². The highest BCUT2D eigenvalue weighted by molar-refractivity contribution is 9.10. The number of carbonyl (C=O) groups excluding carboxylic acids is 2. The molecule has 35 heavy (non-hydrogen) atoms. The molecule has 1 heterocycles. The molecule has 0 aliphatic carbocycles. The molecule has 1 saturated heterocycles. The number of carbonyl (C=O) groups is 2. The molecular weight excluding hydrogens is 533 g/mol. The van der Waals surface area contributed by atoms with Crippen molar-refractivity contribution in [1.29, 1.82) is 0 Å². The van der Waals surface area contributed by atoms with Crippen molar-refractivity contribution in [2.24, 2.45) is 0 Å². The molecule has 1 amide bonds. The van der Waals surface area contributed by atoms with Crippen LogP contribution in [0.5, 0.6) is 0 Å². The van der Waals surface area contributed by atoms with Crippen LogP contribution in [-0.2, 0) is 15.8 Å². The van der Waals surface area contributed by atoms with Crippen LogP contribution in [0.15, 0.2) is 82.8 Å². The Morgan fingerprint density at radius 3 is 2.29 bits per heavy atom. The summed E-state index contributed by atoms with van der Waals surface area (Å²) >= 11 is 3.24. The highest BCUT2D eigenvalue weighted by atomic mass is 79.9. The summed E-state index contributed by atoms with van der Waals surface area (Å²) in [4.78, 5) is 38.0. The lowest BCUT2D eigenvalue weighted by Gasteiger charge is -2.25. The fourth-order valence-corrected chi connectivity index (χ4v) is 4.14. The quantitative estimate of drug-likeness (QED) is 0.142. The molecule has 1 aliphatic heterocycles. The van der Waals surface area contributed by atoms with E-state index in [2.05, 4.69) is 15.9 Å². The number of nitrogens with zero attached hydrogens (tertiary/aromatic N) is 2. The van der Waals surface area contributed by atoms with Crippen LogP contribution in [0.2, 0.25) is 0 Å². The Bertz CT molecular complexity index is 1390. The number of ketones is 1. The Kier molecular flexibility index (Phi) is 6.20. The zero-order valence-corrected chi connectivity index (χ0v) is 19.1. The zero-order chi connectivity index (χ0) is 25.5. The lowest BCUT2D eigenvalue weighted by molar-refractivity contribution is -0.385. The van der Waals surface area contributed by atoms with Crippen molar-refractivity contribution in [3.63, 3.8) is 0 Å². The molecule has 1 N–H and O–H groups in total. The van der Waals surface area contributed by atoms with E-state index in [0.717, 1.165) is 23.1 Å². The number of anilines is 1. The highest BCUT2D eigenvalue weighted by Gasteiger charge is 2.49. The maximum Gasteiger partial charge on any atom is 0.416 e. The molecule has 0 spiro atoms. The monoisotopic (exact) mass is 546 g/mol. The first kappa shape index (κ1) is 24.1. The van der Waals surface area contributed by atoms with Gasteiger partial charge in [0.2, 0.25) is 0 Å². The van der Waals surface area contributed by atoms with Crippen molar-refractivity contribution < 1.29 is 32.8 Å². The van der Waals surface area contributed by atoms with E-state index in [4.69, 9.17) is 0 Å². The lowest BCUT2D eigenvalue weighted by atomic mass is 9.94. The van der Waals surface area contributed by atoms with Crippen LogP contribution in [0.25, 0.3) is 5.76 Å². The molecule has 11 heteroatoms. The third-order valence-electron chi connectivity index (χ3n) is 5.44. The Morgan fingerprint density at radius 2 is 1.66 bits per heavy atom. The van der Waals surface area contributed by atoms with Gasteiger partial charge in [0.1, 0.15) is 11.8 Å². The Balaban J connectivity index is 2.01. The number of halogens is 4. The molecule has 0 saturated carbocycles. The van der Waals surface area contributed by atoms with Crippen LogP contribution in [0.3, 0.4) is 0 Å². The van der Waals surface area contributed by atoms with Gasteiger partial charge in [-0.1, -0.05) is 46.3 Å². The predicted molar refractivity (Wildman–Crippen MR) is 123 cm³/mol. The molecular formula is C24H14BrF3N2O5. The van der Waals surface area contributed by atoms with Gasteiger partial charge in [-0.3, -0.25) is 24.6 Å². The summed E-state index contributed by atoms with van der Waals surface area (Å²) in [6.45, 7) is 0. The summed E-state index contributed by atoms with van der Waals surface area (Å²) < 4.78 is 40.8. The van der Waals surface area contributed by atoms with E-state index in [-0.39, 0.29) is 16.8 Å². The Morgan fingerprint density at radius 1 is 1.00 bits per heavy atom. The molecule has 178 valence electrons. The average Bonchev–Trinajstić information content (AvgIpc) is 3.09. The first-order chi connectivity index (χ1) is 16.5. The summed E-state index contributed by atoms with van der Waals surface area (Å²) in [6.07, 6.45) is -4.74. The molecule has 0 radical (unpaired) electrons. The summed E-state index contributed by atoms with van der Waals surface area (Å²) in [6, 6.07) is 13.4. The molecule has 3 aromatic carbocycles. The third kappa shape index (κ3) is 4.42. The maximum absolute atomic E-state index is 13.4. The number of benzene rings is 3. The summed E-state index contributed by atoms with van der Waals surface area (Å²) in [7, 11) is 0. The van der Waals surface area contributed by atoms with Gasteiger partial charge < -0.3 is 5.11 Å². The molecule has 0 unspecified atom stereocenters. The summed E-state index contributed by atoms with van der Waals surface area (Å²) in [5, 5.41) is 22.8. The maximum atomic E-state index is 13.4. The van der Waals surface area contributed by atoms with Crippen LogP contribution in [0.4, 0.5) is 24.5 Å². The van der Waals surface area contributed by atoms with Crippen molar-refractivity contribution in [2.45, 2.75) is 12.2 Å². The first-order valence-electron chi connectivity index (χ1n) is 9.98. The number of para-hydroxylation sites is 1. The number of nitro benzene ring substituents is 1. The Labute approximate surface area is 204 Å². The van der Waals surface area contributed by atoms with Gasteiger partial charge in [0, 0.05) is 21.8 Å². The summed E-state index contributed by atoms with van der Waals surface area (Å²) in [5.41, 5.74) is -2.35. The number of amides is 1. The second kappa shape index (κ2) is 8.99. The number of Topliss-reactive ketones (excluding diaryl/α,β-unsaturated/α-hetero) is 1. The minimum absolute atomic E-state index is 0.138. The summed E-state index contributed by atoms with van der Waals surface area (Å²) in [5.74, 6) is -3.04. The van der Waals surface area contributed by atoms with Crippen molar-refractivity contribution in [2.75, 3.05) is 4.90 Å². The van der Waals surface area contributed by atoms with Crippen LogP contribution < -0.4 is 4.90 Å². The molecule has 0 bridgehead atoms. The van der Waals surface area contributed by atoms with E-state index >= 15 is 0 Å². The number of rotatable bonds is 4. The lowest BCUT2D eigenvalue weighted by Crippen LogP contribution is -2.30. The zero-order valence-electron chi connectivity index (χ0n) is 17.5. The van der Waals surface area contributed by atoms with E-state index in [1.54, 1.807) is 12.1 Å². The van der Waals surface area contributed by atoms with E-state index in [0.29, 0.717) is 10.5 Å². The first-order valence-corrected chi connectivity index (χ1v) is 10.8. The van der Waals surface area contributed by atoms with Crippen molar-refractivity contribution in [3.8, 4) is 0 Å². The smallest absolute Gasteiger partial charge is 0.416 e. The Hall–Kier alpha value is -3.99. The SMILES string of the molecule is O=C1C(=O)N(c2cccc(C(F)(F)F)c2)[C@@H](c2ccccc2[N+](=O)[O-])C1=C(O)c1ccc(Br)cc1. The van der Waals surface area contributed by atoms with Crippen LogP contribution in [0, 0.1) is 10.1 Å². The number of hydrogen-bond acceptors (Lipinski definition) is 5. The molecule has 1 atom stereocenters. The number of nitro groups is 1. The minimum atomic E-state index is -4.74. The van der Waals surface area contributed by atoms with Crippen LogP contribution >= 0.6 is 15.9 Å². The highest BCUT2D eigenvalue weighted by Crippen LogP contribution is 2.45. The topological polar surface area (TPSA) is 101 Å². The van der Waals surface area contributed by atoms with Gasteiger partial charge in [0.15, 0.2) is 0 Å². The van der Waals surface area contributed by atoms with Gasteiger partial charge in [-0.05, 0) is 36.4 Å². The fourth-order valence-electron chi connectivity index (χ4n) is 3.87. The molecule has 0 aromatic heterocycles. The molecule has 7 nitrogen and oxygen atoms in total. The van der Waals surface area contributed by atoms with Crippen LogP contribution in [0.1, 0.15) is 22.7 Å². The largest absolute Gasteiger partial charge is 0.507 e. The van der Waals surface area contributed by atoms with E-state index in [1.165, 1.54) is 36.4 Å². The van der Waals surface area contributed by atoms with Gasteiger partial charge >= 0.3 is 6.18 Å². The van der Waals surface area contributed by atoms with Gasteiger partial charge in [-0.25, -0.2) is 0 Å². The van der Waals surface area contributed by atoms with Gasteiger partial charge in [-0.15, -0.1) is 0 Å². The number of aliphatic hydroxyl groups is 1. The predicted octanol–water partition coefficient (Wildman–Crippen LogP) is 6.00. The van der Waals surface area contributed by atoms with E-state index in [1.807, 2.05) is 0 Å². The number of alkyl halides is 3. The van der Waals surface area contributed by atoms with Crippen LogP contribution in [-0.4, -0.2) is 21.7 Å². The normalized spacial score (nSPS) is 17.6. The van der Waals surface area contributed by atoms with Gasteiger partial charge in [0.05, 0.1) is 21.6 Å². The second-order valence-electron chi connectivity index (χ2n) is 7.54. The van der Waals surface area contributed by atoms with Crippen molar-refractivity contribution in [1.82, 2.24) is 0 Å². The van der Waals surface area contributed by atoms with E-state index in [9.17, 15) is 38.0 Å². The van der Waals surface area contributed by atoms with Gasteiger partial charge in [0.25, 0.3) is 17.4 Å². The second-order valence-corrected chi connectivity index (χ2v) is 8.46. The molecule has 1 fully saturated rings. The van der Waals surface area contributed by atoms with Gasteiger partial charge in [-0.2, -0.15) is 13.2 Å². The van der Waals surface area contributed by atoms with E-state index < -0.39 is 51.4 Å². The minimum Gasteiger partial charge on any atom is -0.507 e. The standard InChI is InChI=1S/C24H14BrF3N2O5/c25-15-10-8-13(9-11-15)21(31)19-20(17-6-1-2-7-18(17)30(34)35)29(23(33)22(19)32)16-5-3-4-14(12-16)24(26,27)28/h1-12,20,31H/t20-/m0/s1. The van der Waals surface area contributed by atoms with Crippen molar-refractivity contribution in [3.05, 3.63) is 110 Å². The average molecular weight is 547 g/mol. The molecule has 1 aliphatic rings. The molecule has 3 aromatic rings. The third-order valence-corrected chi connectivity index (χ3v) is 5.97.